The molecule has 2 amide bonds. The van der Waals surface area contributed by atoms with Gasteiger partial charge in [-0.05, 0) is 36.1 Å². The third-order valence-corrected chi connectivity index (χ3v) is 5.92. The predicted molar refractivity (Wildman–Crippen MR) is 121 cm³/mol. The van der Waals surface area contributed by atoms with Gasteiger partial charge in [0.2, 0.25) is 0 Å². The molecule has 2 aromatic rings. The summed E-state index contributed by atoms with van der Waals surface area (Å²) in [6.45, 7) is 4.21. The maximum atomic E-state index is 12.9. The van der Waals surface area contributed by atoms with Crippen molar-refractivity contribution in [1.29, 1.82) is 0 Å². The number of thiophene rings is 1. The summed E-state index contributed by atoms with van der Waals surface area (Å²) in [6.07, 6.45) is 0. The summed E-state index contributed by atoms with van der Waals surface area (Å²) in [5.74, 6) is -0.465. The van der Waals surface area contributed by atoms with Crippen LogP contribution in [0.25, 0.3) is 0 Å². The Labute approximate surface area is 191 Å². The van der Waals surface area contributed by atoms with E-state index < -0.39 is 12.0 Å². The van der Waals surface area contributed by atoms with Gasteiger partial charge in [0.15, 0.2) is 0 Å². The number of esters is 1. The lowest BCUT2D eigenvalue weighted by Gasteiger charge is -2.32. The lowest BCUT2D eigenvalue weighted by molar-refractivity contribution is -0.139. The third kappa shape index (κ3) is 6.30. The molecule has 1 aliphatic rings. The second-order valence-electron chi connectivity index (χ2n) is 6.98. The van der Waals surface area contributed by atoms with Crippen LogP contribution < -0.4 is 10.6 Å². The van der Waals surface area contributed by atoms with Crippen LogP contribution in [0.2, 0.25) is 5.02 Å². The Morgan fingerprint density at radius 3 is 2.65 bits per heavy atom. The van der Waals surface area contributed by atoms with Gasteiger partial charge in [0.05, 0.1) is 24.8 Å². The Balaban J connectivity index is 1.97. The fourth-order valence-electron chi connectivity index (χ4n) is 3.38. The monoisotopic (exact) mass is 463 g/mol. The van der Waals surface area contributed by atoms with Gasteiger partial charge in [-0.25, -0.2) is 9.59 Å². The van der Waals surface area contributed by atoms with E-state index >= 15 is 0 Å². The Morgan fingerprint density at radius 2 is 2.00 bits per heavy atom. The average Bonchev–Trinajstić information content (AvgIpc) is 3.25. The third-order valence-electron chi connectivity index (χ3n) is 4.81. The summed E-state index contributed by atoms with van der Waals surface area (Å²) in [5.41, 5.74) is 1.66. The van der Waals surface area contributed by atoms with E-state index in [1.807, 2.05) is 11.4 Å². The maximum Gasteiger partial charge on any atom is 0.338 e. The Bertz CT molecular complexity index is 915. The van der Waals surface area contributed by atoms with Crippen molar-refractivity contribution in [3.63, 3.8) is 0 Å². The van der Waals surface area contributed by atoms with Crippen LogP contribution in [0.4, 0.5) is 4.79 Å². The van der Waals surface area contributed by atoms with Gasteiger partial charge < -0.3 is 20.1 Å². The highest BCUT2D eigenvalue weighted by Gasteiger charge is 2.34. The van der Waals surface area contributed by atoms with Gasteiger partial charge in [0.25, 0.3) is 0 Å². The van der Waals surface area contributed by atoms with Crippen molar-refractivity contribution < 1.29 is 19.1 Å². The van der Waals surface area contributed by atoms with Crippen LogP contribution >= 0.6 is 22.9 Å². The van der Waals surface area contributed by atoms with Crippen LogP contribution in [0, 0.1) is 0 Å². The van der Waals surface area contributed by atoms with Gasteiger partial charge in [-0.15, -0.1) is 11.3 Å². The molecule has 7 nitrogen and oxygen atoms in total. The van der Waals surface area contributed by atoms with Gasteiger partial charge in [0, 0.05) is 42.3 Å². The zero-order chi connectivity index (χ0) is 22.2. The fraction of sp³-hybridized carbons (Fsp3) is 0.364. The van der Waals surface area contributed by atoms with Crippen LogP contribution in [0.3, 0.4) is 0 Å². The molecule has 0 radical (unpaired) electrons. The molecule has 0 spiro atoms. The number of amides is 2. The molecule has 0 fully saturated rings. The largest absolute Gasteiger partial charge is 0.463 e. The molecule has 2 N–H and O–H groups in total. The topological polar surface area (TPSA) is 79.9 Å². The first-order valence-electron chi connectivity index (χ1n) is 9.98. The van der Waals surface area contributed by atoms with Crippen LogP contribution in [-0.4, -0.2) is 50.3 Å². The maximum absolute atomic E-state index is 12.9. The van der Waals surface area contributed by atoms with Crippen molar-refractivity contribution in [2.75, 3.05) is 33.4 Å². The van der Waals surface area contributed by atoms with Crippen LogP contribution in [0.15, 0.2) is 53.0 Å². The molecule has 1 atom stereocenters. The zero-order valence-electron chi connectivity index (χ0n) is 17.5. The number of urea groups is 1. The lowest BCUT2D eigenvalue weighted by Crippen LogP contribution is -2.48. The summed E-state index contributed by atoms with van der Waals surface area (Å²) < 4.78 is 10.6. The van der Waals surface area contributed by atoms with E-state index in [0.29, 0.717) is 42.5 Å². The lowest BCUT2D eigenvalue weighted by atomic mass is 9.95. The van der Waals surface area contributed by atoms with Gasteiger partial charge in [-0.3, -0.25) is 4.90 Å². The molecule has 9 heteroatoms. The van der Waals surface area contributed by atoms with Gasteiger partial charge in [-0.2, -0.15) is 0 Å². The molecule has 0 unspecified atom stereocenters. The van der Waals surface area contributed by atoms with Crippen molar-refractivity contribution >= 4 is 34.9 Å². The van der Waals surface area contributed by atoms with Crippen LogP contribution in [0.1, 0.15) is 23.4 Å². The Morgan fingerprint density at radius 1 is 1.23 bits per heavy atom. The van der Waals surface area contributed by atoms with Crippen molar-refractivity contribution in [1.82, 2.24) is 15.5 Å². The second-order valence-corrected chi connectivity index (χ2v) is 8.45. The fourth-order valence-corrected chi connectivity index (χ4v) is 4.25. The Hall–Kier alpha value is -2.39. The normalized spacial score (nSPS) is 16.3. The quantitative estimate of drug-likeness (QED) is 0.525. The molecule has 3 rings (SSSR count). The number of hydrogen-bond donors (Lipinski definition) is 2. The van der Waals surface area contributed by atoms with Crippen molar-refractivity contribution in [2.45, 2.75) is 19.5 Å². The van der Waals surface area contributed by atoms with Gasteiger partial charge >= 0.3 is 12.0 Å². The molecule has 1 aliphatic heterocycles. The van der Waals surface area contributed by atoms with Crippen molar-refractivity contribution in [3.05, 3.63) is 68.5 Å². The SMILES string of the molecule is CCOC(=O)C1=C(CN(CCOC)Cc2cccs2)NC(=O)N[C@@H]1c1ccc(Cl)cc1. The number of benzene rings is 1. The molecule has 0 saturated carbocycles. The number of nitrogens with one attached hydrogen (secondary N) is 2. The molecule has 0 saturated heterocycles. The number of hydrogen-bond acceptors (Lipinski definition) is 6. The first-order valence-corrected chi connectivity index (χ1v) is 11.2. The number of methoxy groups -OCH3 is 1. The number of carbonyl (C=O) groups is 2. The van der Waals surface area contributed by atoms with E-state index in [-0.39, 0.29) is 12.6 Å². The zero-order valence-corrected chi connectivity index (χ0v) is 19.1. The van der Waals surface area contributed by atoms with E-state index in [1.165, 1.54) is 4.88 Å². The molecular formula is C22H26ClN3O4S. The van der Waals surface area contributed by atoms with Gasteiger partial charge in [0.1, 0.15) is 0 Å². The summed E-state index contributed by atoms with van der Waals surface area (Å²) in [5, 5.41) is 8.27. The van der Waals surface area contributed by atoms with Crippen molar-refractivity contribution in [3.8, 4) is 0 Å². The number of rotatable bonds is 10. The molecule has 31 heavy (non-hydrogen) atoms. The first-order chi connectivity index (χ1) is 15.0. The number of carbonyl (C=O) groups excluding carboxylic acids is 2. The summed E-state index contributed by atoms with van der Waals surface area (Å²) in [6, 6.07) is 10.1. The minimum absolute atomic E-state index is 0.236. The minimum Gasteiger partial charge on any atom is -0.463 e. The standard InChI is InChI=1S/C22H26ClN3O4S/c1-3-30-21(27)19-18(14-26(10-11-29-2)13-17-5-4-12-31-17)24-22(28)25-20(19)15-6-8-16(23)9-7-15/h4-9,12,20H,3,10-11,13-14H2,1-2H3,(H2,24,25,28)/t20-/m1/s1. The number of ether oxygens (including phenoxy) is 2. The van der Waals surface area contributed by atoms with E-state index in [0.717, 1.165) is 5.56 Å². The summed E-state index contributed by atoms with van der Waals surface area (Å²) >= 11 is 7.68. The predicted octanol–water partition coefficient (Wildman–Crippen LogP) is 3.72. The average molecular weight is 464 g/mol. The summed E-state index contributed by atoms with van der Waals surface area (Å²) in [4.78, 5) is 28.7. The van der Waals surface area contributed by atoms with Crippen molar-refractivity contribution in [2.24, 2.45) is 0 Å². The Kier molecular flexibility index (Phi) is 8.48. The molecule has 0 bridgehead atoms. The molecule has 166 valence electrons. The molecule has 1 aromatic heterocycles. The molecular weight excluding hydrogens is 438 g/mol. The first kappa shape index (κ1) is 23.3. The van der Waals surface area contributed by atoms with E-state index in [9.17, 15) is 9.59 Å². The van der Waals surface area contributed by atoms with Crippen LogP contribution in [-0.2, 0) is 20.8 Å². The highest BCUT2D eigenvalue weighted by molar-refractivity contribution is 7.09. The molecule has 1 aromatic carbocycles. The second kappa shape index (κ2) is 11.3. The molecule has 0 aliphatic carbocycles. The van der Waals surface area contributed by atoms with E-state index in [1.54, 1.807) is 49.6 Å². The minimum atomic E-state index is -0.633. The van der Waals surface area contributed by atoms with E-state index in [4.69, 9.17) is 21.1 Å². The van der Waals surface area contributed by atoms with E-state index in [2.05, 4.69) is 21.6 Å². The summed E-state index contributed by atoms with van der Waals surface area (Å²) in [7, 11) is 1.65. The number of nitrogens with zero attached hydrogens (tertiary/aromatic N) is 1. The highest BCUT2D eigenvalue weighted by Crippen LogP contribution is 2.29. The number of halogens is 1. The smallest absolute Gasteiger partial charge is 0.338 e. The molecule has 2 heterocycles. The van der Waals surface area contributed by atoms with Crippen LogP contribution in [0.5, 0.6) is 0 Å². The highest BCUT2D eigenvalue weighted by atomic mass is 35.5. The van der Waals surface area contributed by atoms with Gasteiger partial charge in [-0.1, -0.05) is 29.8 Å².